The van der Waals surface area contributed by atoms with Gasteiger partial charge in [0.1, 0.15) is 0 Å². The van der Waals surface area contributed by atoms with Crippen LogP contribution in [0, 0.1) is 33.6 Å². The maximum atomic E-state index is 14.1. The number of Topliss-reactive ketones (excluding diaryl/α,β-unsaturated/α-hetero) is 2. The molecule has 2 heterocycles. The first kappa shape index (κ1) is 23.6. The van der Waals surface area contributed by atoms with E-state index in [1.807, 2.05) is 52.0 Å². The summed E-state index contributed by atoms with van der Waals surface area (Å²) in [5.41, 5.74) is 2.10. The average Bonchev–Trinajstić information content (AvgIpc) is 2.82. The molecule has 188 valence electrons. The quantitative estimate of drug-likeness (QED) is 0.523. The van der Waals surface area contributed by atoms with Gasteiger partial charge in [0, 0.05) is 22.7 Å². The van der Waals surface area contributed by atoms with Crippen LogP contribution in [0.2, 0.25) is 0 Å². The molecule has 4 atom stereocenters. The van der Waals surface area contributed by atoms with Crippen molar-refractivity contribution < 1.29 is 19.8 Å². The Morgan fingerprint density at radius 1 is 0.833 bits per heavy atom. The van der Waals surface area contributed by atoms with Gasteiger partial charge in [-0.1, -0.05) is 18.6 Å². The maximum absolute atomic E-state index is 14.1. The normalized spacial score (nSPS) is 33.1. The molecule has 0 amide bonds. The number of ketones is 2. The van der Waals surface area contributed by atoms with Crippen LogP contribution in [0.5, 0.6) is 0 Å². The summed E-state index contributed by atoms with van der Waals surface area (Å²) in [5.74, 6) is -1.03. The third-order valence-electron chi connectivity index (χ3n) is 9.22. The first-order valence-electron chi connectivity index (χ1n) is 13.2. The van der Waals surface area contributed by atoms with Crippen molar-refractivity contribution >= 4 is 28.7 Å². The first-order valence-corrected chi connectivity index (χ1v) is 13.2. The van der Waals surface area contributed by atoms with Crippen LogP contribution in [0.1, 0.15) is 87.9 Å². The summed E-state index contributed by atoms with van der Waals surface area (Å²) in [4.78, 5) is 32.9. The second-order valence-electron chi connectivity index (χ2n) is 11.6. The van der Waals surface area contributed by atoms with Crippen molar-refractivity contribution in [3.63, 3.8) is 0 Å². The highest BCUT2D eigenvalue weighted by Crippen LogP contribution is 2.55. The minimum Gasteiger partial charge on any atom is -0.379 e. The van der Waals surface area contributed by atoms with Crippen LogP contribution in [0.15, 0.2) is 29.3 Å². The van der Waals surface area contributed by atoms with Gasteiger partial charge in [-0.15, -0.1) is 0 Å². The van der Waals surface area contributed by atoms with Gasteiger partial charge in [-0.3, -0.25) is 14.6 Å². The number of benzene rings is 2. The molecular weight excluding hydrogens is 452 g/mol. The summed E-state index contributed by atoms with van der Waals surface area (Å²) < 4.78 is 0. The predicted molar refractivity (Wildman–Crippen MR) is 140 cm³/mol. The smallest absolute Gasteiger partial charge is 0.202 e. The number of nitrogens with one attached hydrogen (secondary N) is 1. The summed E-state index contributed by atoms with van der Waals surface area (Å²) in [5, 5.41) is 27.9. The maximum Gasteiger partial charge on any atom is 0.202 e. The number of aliphatic imine (C=N–C) groups is 1. The van der Waals surface area contributed by atoms with Crippen LogP contribution in [-0.2, 0) is 0 Å². The standard InChI is InChI=1S/C30H34N2O4/c1-16-12-18(3)23-20(14-16)26(33)28(35)9-7-8-22(25(28)31-23)29-10-5-6-11-30(29,36)27(34)21-15-17(2)13-19(4)24(21)32-29/h12-15,22,32,35-36H,5-11H2,1-4H3/t22-,28-,29+,30+/m0/s1. The number of hydrogen-bond donors (Lipinski definition) is 3. The van der Waals surface area contributed by atoms with Gasteiger partial charge in [-0.25, -0.2) is 0 Å². The Bertz CT molecular complexity index is 1380. The fourth-order valence-corrected chi connectivity index (χ4v) is 7.62. The van der Waals surface area contributed by atoms with E-state index in [0.29, 0.717) is 54.6 Å². The summed E-state index contributed by atoms with van der Waals surface area (Å²) in [6.45, 7) is 7.81. The van der Waals surface area contributed by atoms with Crippen LogP contribution in [0.25, 0.3) is 0 Å². The number of anilines is 1. The number of rotatable bonds is 1. The van der Waals surface area contributed by atoms with Gasteiger partial charge in [0.25, 0.3) is 0 Å². The van der Waals surface area contributed by atoms with Crippen molar-refractivity contribution in [2.75, 3.05) is 5.32 Å². The zero-order chi connectivity index (χ0) is 25.6. The van der Waals surface area contributed by atoms with E-state index in [4.69, 9.17) is 4.99 Å². The van der Waals surface area contributed by atoms with Crippen LogP contribution in [0.4, 0.5) is 11.4 Å². The van der Waals surface area contributed by atoms with E-state index in [2.05, 4.69) is 5.32 Å². The number of aliphatic hydroxyl groups is 2. The molecule has 6 rings (SSSR count). The van der Waals surface area contributed by atoms with E-state index < -0.39 is 22.7 Å². The molecule has 2 aromatic carbocycles. The molecule has 0 radical (unpaired) electrons. The monoisotopic (exact) mass is 486 g/mol. The number of carbonyl (C=O) groups excluding carboxylic acids is 2. The highest BCUT2D eigenvalue weighted by atomic mass is 16.3. The number of aryl methyl sites for hydroxylation is 4. The van der Waals surface area contributed by atoms with Gasteiger partial charge < -0.3 is 15.5 Å². The Morgan fingerprint density at radius 3 is 2.25 bits per heavy atom. The number of fused-ring (bicyclic) bond motifs is 4. The molecule has 0 aromatic heterocycles. The Kier molecular flexibility index (Phi) is 4.97. The Hall–Kier alpha value is -2.83. The number of carbonyl (C=O) groups is 2. The molecule has 2 fully saturated rings. The Labute approximate surface area is 211 Å². The van der Waals surface area contributed by atoms with Gasteiger partial charge in [0.2, 0.25) is 5.78 Å². The lowest BCUT2D eigenvalue weighted by atomic mass is 9.53. The topological polar surface area (TPSA) is 99.0 Å². The summed E-state index contributed by atoms with van der Waals surface area (Å²) in [6, 6.07) is 7.71. The molecule has 0 unspecified atom stereocenters. The third kappa shape index (κ3) is 2.88. The lowest BCUT2D eigenvalue weighted by Gasteiger charge is -2.59. The third-order valence-corrected chi connectivity index (χ3v) is 9.22. The molecule has 2 aliphatic carbocycles. The summed E-state index contributed by atoms with van der Waals surface area (Å²) >= 11 is 0. The molecular formula is C30H34N2O4. The molecule has 6 nitrogen and oxygen atoms in total. The predicted octanol–water partition coefficient (Wildman–Crippen LogP) is 5.07. The van der Waals surface area contributed by atoms with Crippen LogP contribution >= 0.6 is 0 Å². The fourth-order valence-electron chi connectivity index (χ4n) is 7.62. The van der Waals surface area contributed by atoms with Crippen molar-refractivity contribution in [3.05, 3.63) is 57.6 Å². The molecule has 3 N–H and O–H groups in total. The Balaban J connectivity index is 1.59. The Morgan fingerprint density at radius 2 is 1.50 bits per heavy atom. The minimum absolute atomic E-state index is 0.258. The molecule has 0 bridgehead atoms. The minimum atomic E-state index is -1.73. The van der Waals surface area contributed by atoms with E-state index >= 15 is 0 Å². The van der Waals surface area contributed by atoms with Crippen LogP contribution in [0.3, 0.4) is 0 Å². The van der Waals surface area contributed by atoms with E-state index in [-0.39, 0.29) is 11.6 Å². The first-order chi connectivity index (χ1) is 17.0. The van der Waals surface area contributed by atoms with Crippen molar-refractivity contribution in [2.24, 2.45) is 10.9 Å². The van der Waals surface area contributed by atoms with Gasteiger partial charge in [0.05, 0.1) is 16.9 Å². The molecule has 4 aliphatic rings. The summed E-state index contributed by atoms with van der Waals surface area (Å²) in [7, 11) is 0. The fraction of sp³-hybridized carbons (Fsp3) is 0.500. The highest BCUT2D eigenvalue weighted by Gasteiger charge is 2.67. The van der Waals surface area contributed by atoms with E-state index in [0.717, 1.165) is 40.8 Å². The van der Waals surface area contributed by atoms with Crippen molar-refractivity contribution in [1.29, 1.82) is 0 Å². The zero-order valence-electron chi connectivity index (χ0n) is 21.5. The van der Waals surface area contributed by atoms with Crippen molar-refractivity contribution in [3.8, 4) is 0 Å². The molecule has 0 spiro atoms. The second kappa shape index (κ2) is 7.59. The van der Waals surface area contributed by atoms with Gasteiger partial charge >= 0.3 is 0 Å². The van der Waals surface area contributed by atoms with E-state index in [9.17, 15) is 19.8 Å². The molecule has 2 saturated carbocycles. The molecule has 36 heavy (non-hydrogen) atoms. The number of hydrogen-bond acceptors (Lipinski definition) is 6. The van der Waals surface area contributed by atoms with Crippen LogP contribution < -0.4 is 5.32 Å². The number of nitrogens with zero attached hydrogens (tertiary/aromatic N) is 1. The van der Waals surface area contributed by atoms with Gasteiger partial charge in [0.15, 0.2) is 17.0 Å². The molecule has 0 saturated heterocycles. The van der Waals surface area contributed by atoms with Crippen molar-refractivity contribution in [1.82, 2.24) is 0 Å². The van der Waals surface area contributed by atoms with E-state index in [1.165, 1.54) is 0 Å². The highest BCUT2D eigenvalue weighted by molar-refractivity contribution is 6.26. The molecule has 2 aromatic rings. The largest absolute Gasteiger partial charge is 0.379 e. The second-order valence-corrected chi connectivity index (χ2v) is 11.6. The molecule has 2 aliphatic heterocycles. The average molecular weight is 487 g/mol. The van der Waals surface area contributed by atoms with Crippen molar-refractivity contribution in [2.45, 2.75) is 89.4 Å². The van der Waals surface area contributed by atoms with E-state index in [1.54, 1.807) is 0 Å². The van der Waals surface area contributed by atoms with Gasteiger partial charge in [-0.05, 0) is 101 Å². The molecule has 6 heteroatoms. The summed E-state index contributed by atoms with van der Waals surface area (Å²) in [6.07, 6.45) is 4.04. The zero-order valence-corrected chi connectivity index (χ0v) is 21.5. The van der Waals surface area contributed by atoms with Crippen LogP contribution in [-0.4, -0.2) is 44.2 Å². The lowest BCUT2D eigenvalue weighted by Crippen LogP contribution is -2.74. The SMILES string of the molecule is Cc1cc(C)c2c(c1)C(=O)[C@]1(O)CCC[C@H]([C@]34CCCC[C@@]3(O)C(=O)c3cc(C)cc(C)c3N4)C1=N2. The van der Waals surface area contributed by atoms with Gasteiger partial charge in [-0.2, -0.15) is 0 Å². The lowest BCUT2D eigenvalue weighted by molar-refractivity contribution is -0.0524.